The molecular weight excluding hydrogens is 1270 g/mol. The molecule has 0 aromatic carbocycles. The summed E-state index contributed by atoms with van der Waals surface area (Å²) >= 11 is 0. The van der Waals surface area contributed by atoms with Crippen molar-refractivity contribution in [1.82, 2.24) is 0 Å². The highest BCUT2D eigenvalue weighted by atomic mass is 31.2. The first kappa shape index (κ1) is 95.1. The van der Waals surface area contributed by atoms with Gasteiger partial charge in [0.15, 0.2) is 12.2 Å². The van der Waals surface area contributed by atoms with Crippen LogP contribution in [0.5, 0.6) is 0 Å². The van der Waals surface area contributed by atoms with Gasteiger partial charge in [-0.25, -0.2) is 9.13 Å². The van der Waals surface area contributed by atoms with Crippen molar-refractivity contribution in [2.24, 2.45) is 17.8 Å². The molecule has 0 saturated carbocycles. The van der Waals surface area contributed by atoms with Crippen LogP contribution >= 0.6 is 15.6 Å². The molecular formula is C78H152O17P2. The van der Waals surface area contributed by atoms with Crippen LogP contribution in [0.25, 0.3) is 0 Å². The third-order valence-corrected chi connectivity index (χ3v) is 20.0. The van der Waals surface area contributed by atoms with Gasteiger partial charge in [-0.15, -0.1) is 0 Å². The summed E-state index contributed by atoms with van der Waals surface area (Å²) in [5.41, 5.74) is 0. The number of esters is 4. The van der Waals surface area contributed by atoms with Gasteiger partial charge in [-0.2, -0.15) is 0 Å². The number of rotatable bonds is 76. The fraction of sp³-hybridized carbons (Fsp3) is 0.949. The Morgan fingerprint density at radius 1 is 0.278 bits per heavy atom. The van der Waals surface area contributed by atoms with Gasteiger partial charge in [0.05, 0.1) is 26.4 Å². The summed E-state index contributed by atoms with van der Waals surface area (Å²) in [5, 5.41) is 10.6. The summed E-state index contributed by atoms with van der Waals surface area (Å²) in [4.78, 5) is 72.9. The third-order valence-electron chi connectivity index (χ3n) is 18.1. The molecule has 0 amide bonds. The molecule has 0 saturated heterocycles. The van der Waals surface area contributed by atoms with Gasteiger partial charge in [0, 0.05) is 25.7 Å². The van der Waals surface area contributed by atoms with E-state index in [9.17, 15) is 43.2 Å². The number of ether oxygens (including phenoxy) is 4. The molecule has 0 aromatic rings. The Labute approximate surface area is 594 Å². The van der Waals surface area contributed by atoms with Gasteiger partial charge in [0.25, 0.3) is 0 Å². The molecule has 19 heteroatoms. The van der Waals surface area contributed by atoms with Crippen LogP contribution in [0.15, 0.2) is 0 Å². The van der Waals surface area contributed by atoms with E-state index in [1.807, 2.05) is 0 Å². The van der Waals surface area contributed by atoms with E-state index in [0.29, 0.717) is 25.7 Å². The third kappa shape index (κ3) is 72.2. The van der Waals surface area contributed by atoms with Crippen molar-refractivity contribution in [2.75, 3.05) is 39.6 Å². The van der Waals surface area contributed by atoms with Gasteiger partial charge in [0.2, 0.25) is 0 Å². The lowest BCUT2D eigenvalue weighted by Crippen LogP contribution is -2.30. The van der Waals surface area contributed by atoms with E-state index in [2.05, 4.69) is 48.5 Å². The molecule has 0 bridgehead atoms. The molecule has 17 nitrogen and oxygen atoms in total. The van der Waals surface area contributed by atoms with Crippen LogP contribution in [-0.4, -0.2) is 96.7 Å². The van der Waals surface area contributed by atoms with E-state index in [0.717, 1.165) is 108 Å². The van der Waals surface area contributed by atoms with E-state index < -0.39 is 97.5 Å². The first-order chi connectivity index (χ1) is 46.7. The zero-order chi connectivity index (χ0) is 71.6. The standard InChI is InChI=1S/C78H152O17P2/c1-8-9-10-11-12-13-14-16-23-31-38-45-52-59-75(80)88-66-74(95-78(83)62-55-48-41-34-27-26-30-37-44-51-58-71(6)7)68-93-97(86,87)91-64-72(79)63-90-96(84,85)92-67-73(65-89-76(81)60-53-46-39-32-24-20-19-22-29-36-43-50-57-70(4)5)94-77(82)61-54-47-40-33-25-18-15-17-21-28-35-42-49-56-69(2)3/h69-74,79H,8-68H2,1-7H3,(H,84,85)(H,86,87)/t72-,73-,74-/m1/s1. The Balaban J connectivity index is 5.27. The van der Waals surface area contributed by atoms with Crippen LogP contribution in [0.2, 0.25) is 0 Å². The van der Waals surface area contributed by atoms with Crippen LogP contribution in [0, 0.1) is 17.8 Å². The number of unbranched alkanes of at least 4 members (excludes halogenated alkanes) is 44. The lowest BCUT2D eigenvalue weighted by Gasteiger charge is -2.21. The van der Waals surface area contributed by atoms with Gasteiger partial charge in [0.1, 0.15) is 19.3 Å². The minimum atomic E-state index is -4.96. The Morgan fingerprint density at radius 2 is 0.474 bits per heavy atom. The van der Waals surface area contributed by atoms with Crippen LogP contribution in [-0.2, 0) is 65.4 Å². The fourth-order valence-corrected chi connectivity index (χ4v) is 13.5. The molecule has 2 unspecified atom stereocenters. The molecule has 3 N–H and O–H groups in total. The Kier molecular flexibility index (Phi) is 67.1. The number of hydrogen-bond donors (Lipinski definition) is 3. The van der Waals surface area contributed by atoms with E-state index in [1.165, 1.54) is 212 Å². The van der Waals surface area contributed by atoms with Crippen molar-refractivity contribution in [3.8, 4) is 0 Å². The van der Waals surface area contributed by atoms with Crippen molar-refractivity contribution < 1.29 is 80.2 Å². The smallest absolute Gasteiger partial charge is 0.462 e. The molecule has 0 aliphatic carbocycles. The van der Waals surface area contributed by atoms with E-state index in [-0.39, 0.29) is 25.7 Å². The van der Waals surface area contributed by atoms with Crippen LogP contribution in [0.1, 0.15) is 402 Å². The quantitative estimate of drug-likeness (QED) is 0.0222. The highest BCUT2D eigenvalue weighted by Gasteiger charge is 2.30. The van der Waals surface area contributed by atoms with Gasteiger partial charge < -0.3 is 33.8 Å². The highest BCUT2D eigenvalue weighted by molar-refractivity contribution is 7.47. The van der Waals surface area contributed by atoms with Crippen molar-refractivity contribution in [1.29, 1.82) is 0 Å². The number of aliphatic hydroxyl groups excluding tert-OH is 1. The molecule has 0 aliphatic heterocycles. The molecule has 576 valence electrons. The Morgan fingerprint density at radius 3 is 0.701 bits per heavy atom. The van der Waals surface area contributed by atoms with Gasteiger partial charge in [-0.1, -0.05) is 350 Å². The Hall–Kier alpha value is -1.94. The van der Waals surface area contributed by atoms with E-state index in [4.69, 9.17) is 37.0 Å². The number of phosphoric acid groups is 2. The molecule has 0 fully saturated rings. The summed E-state index contributed by atoms with van der Waals surface area (Å²) < 4.78 is 68.6. The van der Waals surface area contributed by atoms with Crippen molar-refractivity contribution in [3.63, 3.8) is 0 Å². The van der Waals surface area contributed by atoms with Crippen molar-refractivity contribution >= 4 is 39.5 Å². The molecule has 0 radical (unpaired) electrons. The Bertz CT molecular complexity index is 1890. The molecule has 5 atom stereocenters. The number of carbonyl (C=O) groups is 4. The predicted octanol–water partition coefficient (Wildman–Crippen LogP) is 23.0. The highest BCUT2D eigenvalue weighted by Crippen LogP contribution is 2.45. The summed E-state index contributed by atoms with van der Waals surface area (Å²) in [5.74, 6) is 0.207. The maximum atomic E-state index is 13.1. The number of aliphatic hydroxyl groups is 1. The molecule has 0 heterocycles. The van der Waals surface area contributed by atoms with Crippen LogP contribution < -0.4 is 0 Å². The molecule has 0 rings (SSSR count). The predicted molar refractivity (Wildman–Crippen MR) is 395 cm³/mol. The normalized spacial score (nSPS) is 14.0. The average Bonchev–Trinajstić information content (AvgIpc) is 1.27. The maximum absolute atomic E-state index is 13.1. The zero-order valence-electron chi connectivity index (χ0n) is 63.5. The van der Waals surface area contributed by atoms with Crippen molar-refractivity contribution in [3.05, 3.63) is 0 Å². The minimum absolute atomic E-state index is 0.106. The number of hydrogen-bond acceptors (Lipinski definition) is 15. The first-order valence-corrected chi connectivity index (χ1v) is 43.3. The second kappa shape index (κ2) is 68.5. The largest absolute Gasteiger partial charge is 0.472 e. The second-order valence-corrected chi connectivity index (χ2v) is 32.4. The lowest BCUT2D eigenvalue weighted by atomic mass is 10.0. The average molecular weight is 1420 g/mol. The summed E-state index contributed by atoms with van der Waals surface area (Å²) in [7, 11) is -9.92. The lowest BCUT2D eigenvalue weighted by molar-refractivity contribution is -0.161. The van der Waals surface area contributed by atoms with Crippen molar-refractivity contribution in [2.45, 2.75) is 420 Å². The van der Waals surface area contributed by atoms with E-state index in [1.54, 1.807) is 0 Å². The van der Waals surface area contributed by atoms with Crippen LogP contribution in [0.3, 0.4) is 0 Å². The molecule has 97 heavy (non-hydrogen) atoms. The molecule has 0 aromatic heterocycles. The topological polar surface area (TPSA) is 237 Å². The maximum Gasteiger partial charge on any atom is 0.472 e. The SMILES string of the molecule is CCCCCCCCCCCCCCCC(=O)OC[C@H](COP(=O)(O)OC[C@H](O)COP(=O)(O)OC[C@@H](COC(=O)CCCCCCCCCCCCCCC(C)C)OC(=O)CCCCCCCCCCCCCCCC(C)C)OC(=O)CCCCCCCCCCCCC(C)C. The number of carbonyl (C=O) groups excluding carboxylic acids is 4. The van der Waals surface area contributed by atoms with Gasteiger partial charge in [-0.05, 0) is 43.4 Å². The first-order valence-electron chi connectivity index (χ1n) is 40.3. The summed E-state index contributed by atoms with van der Waals surface area (Å²) in [6.07, 6.45) is 55.3. The summed E-state index contributed by atoms with van der Waals surface area (Å²) in [6.45, 7) is 11.9. The summed E-state index contributed by atoms with van der Waals surface area (Å²) in [6, 6.07) is 0. The molecule has 0 aliphatic rings. The number of phosphoric ester groups is 2. The second-order valence-electron chi connectivity index (χ2n) is 29.5. The zero-order valence-corrected chi connectivity index (χ0v) is 65.3. The van der Waals surface area contributed by atoms with Crippen LogP contribution in [0.4, 0.5) is 0 Å². The van der Waals surface area contributed by atoms with E-state index >= 15 is 0 Å². The van der Waals surface area contributed by atoms with Gasteiger partial charge >= 0.3 is 39.5 Å². The van der Waals surface area contributed by atoms with Gasteiger partial charge in [-0.3, -0.25) is 37.3 Å². The minimum Gasteiger partial charge on any atom is -0.462 e. The molecule has 0 spiro atoms. The fourth-order valence-electron chi connectivity index (χ4n) is 12.0. The monoisotopic (exact) mass is 1420 g/mol.